The first-order valence-corrected chi connectivity index (χ1v) is 5.09. The highest BCUT2D eigenvalue weighted by Gasteiger charge is 2.23. The zero-order chi connectivity index (χ0) is 11.7. The maximum absolute atomic E-state index is 11.9. The number of allylic oxidation sites excluding steroid dienone is 1. The highest BCUT2D eigenvalue weighted by atomic mass is 16.2. The highest BCUT2D eigenvalue weighted by Crippen LogP contribution is 2.28. The van der Waals surface area contributed by atoms with Crippen LogP contribution < -0.4 is 5.56 Å². The van der Waals surface area contributed by atoms with Crippen LogP contribution in [0.1, 0.15) is 42.0 Å². The van der Waals surface area contributed by atoms with Gasteiger partial charge in [-0.15, -0.1) is 0 Å². The Balaban J connectivity index is 2.73. The van der Waals surface area contributed by atoms with Gasteiger partial charge in [-0.3, -0.25) is 14.2 Å². The first-order valence-electron chi connectivity index (χ1n) is 5.09. The second kappa shape index (κ2) is 3.92. The van der Waals surface area contributed by atoms with Gasteiger partial charge in [-0.25, -0.2) is 4.98 Å². The van der Waals surface area contributed by atoms with E-state index >= 15 is 0 Å². The van der Waals surface area contributed by atoms with Gasteiger partial charge in [-0.1, -0.05) is 0 Å². The second-order valence-electron chi connectivity index (χ2n) is 3.87. The predicted molar refractivity (Wildman–Crippen MR) is 58.4 cm³/mol. The van der Waals surface area contributed by atoms with Crippen molar-refractivity contribution in [1.29, 1.82) is 0 Å². The fourth-order valence-electron chi connectivity index (χ4n) is 1.94. The molecule has 1 unspecified atom stereocenters. The van der Waals surface area contributed by atoms with Crippen LogP contribution in [0.15, 0.2) is 17.3 Å². The Hall–Kier alpha value is -1.91. The minimum atomic E-state index is -0.341. The van der Waals surface area contributed by atoms with Crippen molar-refractivity contribution in [2.24, 2.45) is 0 Å². The van der Waals surface area contributed by atoms with E-state index < -0.39 is 0 Å². The third kappa shape index (κ3) is 1.44. The number of aldehydes is 1. The van der Waals surface area contributed by atoms with E-state index in [1.54, 1.807) is 0 Å². The Labute approximate surface area is 92.1 Å². The van der Waals surface area contributed by atoms with E-state index in [0.717, 1.165) is 12.7 Å². The summed E-state index contributed by atoms with van der Waals surface area (Å²) in [6.07, 6.45) is 4.17. The number of carbonyl (C=O) groups is 1. The van der Waals surface area contributed by atoms with Crippen molar-refractivity contribution < 1.29 is 9.90 Å². The number of aromatic nitrogens is 2. The fraction of sp³-hybridized carbons (Fsp3) is 0.364. The van der Waals surface area contributed by atoms with Crippen LogP contribution in [0.2, 0.25) is 0 Å². The molecule has 16 heavy (non-hydrogen) atoms. The fourth-order valence-corrected chi connectivity index (χ4v) is 1.94. The molecule has 0 fully saturated rings. The normalized spacial score (nSPS) is 21.8. The molecule has 0 amide bonds. The lowest BCUT2D eigenvalue weighted by Crippen LogP contribution is -2.32. The van der Waals surface area contributed by atoms with Crippen molar-refractivity contribution >= 4 is 11.9 Å². The van der Waals surface area contributed by atoms with E-state index in [1.165, 1.54) is 10.8 Å². The topological polar surface area (TPSA) is 72.2 Å². The summed E-state index contributed by atoms with van der Waals surface area (Å²) in [6.45, 7) is 1.90. The van der Waals surface area contributed by atoms with Gasteiger partial charge in [0, 0.05) is 17.8 Å². The largest absolute Gasteiger partial charge is 0.515 e. The number of nitrogens with zero attached hydrogens (tertiary/aromatic N) is 2. The molecule has 5 heteroatoms. The Morgan fingerprint density at radius 2 is 2.38 bits per heavy atom. The zero-order valence-electron chi connectivity index (χ0n) is 8.88. The maximum Gasteiger partial charge on any atom is 0.264 e. The van der Waals surface area contributed by atoms with Gasteiger partial charge >= 0.3 is 0 Å². The lowest BCUT2D eigenvalue weighted by Gasteiger charge is -2.25. The van der Waals surface area contributed by atoms with Crippen molar-refractivity contribution in [2.75, 3.05) is 0 Å². The summed E-state index contributed by atoms with van der Waals surface area (Å²) in [5.41, 5.74) is 0.342. The zero-order valence-corrected chi connectivity index (χ0v) is 8.88. The minimum absolute atomic E-state index is 0.00130. The molecular formula is C11H12N2O3. The average Bonchev–Trinajstić information content (AvgIpc) is 2.30. The number of hydrogen-bond acceptors (Lipinski definition) is 4. The van der Waals surface area contributed by atoms with E-state index in [-0.39, 0.29) is 17.2 Å². The first-order chi connectivity index (χ1) is 7.69. The Morgan fingerprint density at radius 1 is 1.62 bits per heavy atom. The Morgan fingerprint density at radius 3 is 3.00 bits per heavy atom. The summed E-state index contributed by atoms with van der Waals surface area (Å²) in [5.74, 6) is 0.455. The molecule has 0 saturated carbocycles. The molecule has 1 aromatic heterocycles. The highest BCUT2D eigenvalue weighted by molar-refractivity contribution is 5.74. The van der Waals surface area contributed by atoms with Crippen molar-refractivity contribution in [2.45, 2.75) is 25.8 Å². The minimum Gasteiger partial charge on any atom is -0.515 e. The van der Waals surface area contributed by atoms with Crippen molar-refractivity contribution in [3.63, 3.8) is 0 Å². The summed E-state index contributed by atoms with van der Waals surface area (Å²) in [6, 6.07) is -0.00130. The van der Waals surface area contributed by atoms with Gasteiger partial charge in [-0.2, -0.15) is 0 Å². The molecular weight excluding hydrogens is 208 g/mol. The van der Waals surface area contributed by atoms with E-state index in [4.69, 9.17) is 5.11 Å². The summed E-state index contributed by atoms with van der Waals surface area (Å²) in [7, 11) is 0. The van der Waals surface area contributed by atoms with Gasteiger partial charge in [0.1, 0.15) is 5.82 Å². The molecule has 1 aliphatic heterocycles. The van der Waals surface area contributed by atoms with Crippen molar-refractivity contribution in [1.82, 2.24) is 9.55 Å². The quantitative estimate of drug-likeness (QED) is 0.572. The van der Waals surface area contributed by atoms with Crippen molar-refractivity contribution in [3.05, 3.63) is 34.2 Å². The molecule has 0 radical (unpaired) electrons. The molecule has 1 aromatic rings. The molecule has 1 N–H and O–H groups in total. The van der Waals surface area contributed by atoms with Crippen LogP contribution in [0.5, 0.6) is 0 Å². The third-order valence-electron chi connectivity index (χ3n) is 2.86. The molecule has 84 valence electrons. The van der Waals surface area contributed by atoms with Gasteiger partial charge in [0.25, 0.3) is 5.56 Å². The van der Waals surface area contributed by atoms with Crippen LogP contribution in [0.25, 0.3) is 5.57 Å². The summed E-state index contributed by atoms with van der Waals surface area (Å²) in [5, 5.41) is 9.05. The Bertz CT molecular complexity index is 516. The van der Waals surface area contributed by atoms with Gasteiger partial charge in [0.15, 0.2) is 6.29 Å². The Kier molecular flexibility index (Phi) is 2.60. The van der Waals surface area contributed by atoms with E-state index in [2.05, 4.69) is 4.98 Å². The van der Waals surface area contributed by atoms with E-state index in [9.17, 15) is 9.59 Å². The SMILES string of the molecule is CC1CC/C(=C\O)c2ncc(C=O)c(=O)n21. The average molecular weight is 220 g/mol. The maximum atomic E-state index is 11.9. The molecule has 0 spiro atoms. The second-order valence-corrected chi connectivity index (χ2v) is 3.87. The van der Waals surface area contributed by atoms with Crippen LogP contribution in [-0.4, -0.2) is 20.9 Å². The monoisotopic (exact) mass is 220 g/mol. The molecule has 1 aliphatic rings. The van der Waals surface area contributed by atoms with Gasteiger partial charge in [0.2, 0.25) is 0 Å². The lowest BCUT2D eigenvalue weighted by atomic mass is 10.0. The number of aliphatic hydroxyl groups is 1. The predicted octanol–water partition coefficient (Wildman–Crippen LogP) is 1.31. The molecule has 0 aliphatic carbocycles. The molecule has 2 rings (SSSR count). The lowest BCUT2D eigenvalue weighted by molar-refractivity contribution is 0.112. The van der Waals surface area contributed by atoms with E-state index in [0.29, 0.717) is 24.1 Å². The van der Waals surface area contributed by atoms with Crippen molar-refractivity contribution in [3.8, 4) is 0 Å². The number of hydrogen-bond donors (Lipinski definition) is 1. The summed E-state index contributed by atoms with van der Waals surface area (Å²) < 4.78 is 1.47. The number of carbonyl (C=O) groups excluding carboxylic acids is 1. The van der Waals surface area contributed by atoms with Crippen LogP contribution in [0.3, 0.4) is 0 Å². The third-order valence-corrected chi connectivity index (χ3v) is 2.86. The van der Waals surface area contributed by atoms with E-state index in [1.807, 2.05) is 6.92 Å². The molecule has 5 nitrogen and oxygen atoms in total. The molecule has 0 saturated heterocycles. The van der Waals surface area contributed by atoms with Crippen LogP contribution >= 0.6 is 0 Å². The van der Waals surface area contributed by atoms with Gasteiger partial charge < -0.3 is 5.11 Å². The first kappa shape index (κ1) is 10.6. The number of fused-ring (bicyclic) bond motifs is 1. The van der Waals surface area contributed by atoms with Crippen LogP contribution in [-0.2, 0) is 0 Å². The number of rotatable bonds is 1. The number of aliphatic hydroxyl groups excluding tert-OH is 1. The summed E-state index contributed by atoms with van der Waals surface area (Å²) in [4.78, 5) is 26.6. The van der Waals surface area contributed by atoms with Gasteiger partial charge in [0.05, 0.1) is 11.8 Å². The molecule has 1 atom stereocenters. The molecule has 0 bridgehead atoms. The molecule has 2 heterocycles. The smallest absolute Gasteiger partial charge is 0.264 e. The van der Waals surface area contributed by atoms with Crippen LogP contribution in [0.4, 0.5) is 0 Å². The van der Waals surface area contributed by atoms with Crippen LogP contribution in [0, 0.1) is 0 Å². The standard InChI is InChI=1S/C11H12N2O3/c1-7-2-3-8(5-14)10-12-4-9(6-15)11(16)13(7)10/h4-7,14H,2-3H2,1H3/b8-5+. The molecule has 0 aromatic carbocycles. The summed E-state index contributed by atoms with van der Waals surface area (Å²) >= 11 is 0. The van der Waals surface area contributed by atoms with Gasteiger partial charge in [-0.05, 0) is 19.8 Å².